The van der Waals surface area contributed by atoms with Gasteiger partial charge in [0.1, 0.15) is 4.88 Å². The Morgan fingerprint density at radius 2 is 1.17 bits per heavy atom. The molecule has 0 atom stereocenters. The number of aromatic nitrogens is 2. The molecule has 4 aromatic heterocycles. The van der Waals surface area contributed by atoms with E-state index < -0.39 is 5.91 Å². The van der Waals surface area contributed by atoms with Crippen LogP contribution in [0.1, 0.15) is 43.3 Å². The second-order valence-corrected chi connectivity index (χ2v) is 14.3. The fraction of sp³-hybridized carbons (Fsp3) is 0.200. The Morgan fingerprint density at radius 1 is 0.688 bits per heavy atom. The predicted octanol–water partition coefficient (Wildman–Crippen LogP) is 8.74. The number of benzene rings is 2. The van der Waals surface area contributed by atoms with Gasteiger partial charge in [0, 0.05) is 23.8 Å². The summed E-state index contributed by atoms with van der Waals surface area (Å²) in [6.07, 6.45) is 4.19. The smallest absolute Gasteiger partial charge is 0.348 e. The van der Waals surface area contributed by atoms with E-state index in [4.69, 9.17) is 9.94 Å². The molecule has 4 heterocycles. The molecule has 6 rings (SSSR count). The minimum Gasteiger partial charge on any atom is -0.465 e. The van der Waals surface area contributed by atoms with Gasteiger partial charge in [-0.1, -0.05) is 60.7 Å². The number of hydrogen-bond donors (Lipinski definition) is 4. The van der Waals surface area contributed by atoms with E-state index in [2.05, 4.69) is 69.1 Å². The van der Waals surface area contributed by atoms with E-state index in [-0.39, 0.29) is 5.97 Å². The monoisotopic (exact) mass is 717 g/mol. The molecular formula is C35H35N5O4S4. The zero-order valence-electron chi connectivity index (χ0n) is 26.2. The van der Waals surface area contributed by atoms with E-state index >= 15 is 0 Å². The highest BCUT2D eigenvalue weighted by molar-refractivity contribution is 7.18. The van der Waals surface area contributed by atoms with Crippen molar-refractivity contribution < 1.29 is 19.5 Å². The Balaban J connectivity index is 0.000000188. The number of amides is 1. The summed E-state index contributed by atoms with van der Waals surface area (Å²) in [5, 5.41) is 21.1. The Bertz CT molecular complexity index is 1730. The van der Waals surface area contributed by atoms with E-state index in [1.807, 2.05) is 35.0 Å². The average Bonchev–Trinajstić information content (AvgIpc) is 3.96. The van der Waals surface area contributed by atoms with Gasteiger partial charge in [-0.3, -0.25) is 10.0 Å². The number of thiophene rings is 2. The van der Waals surface area contributed by atoms with Crippen molar-refractivity contribution in [3.8, 4) is 21.1 Å². The lowest BCUT2D eigenvalue weighted by Gasteiger charge is -2.02. The standard InChI is InChI=1S/C18H18N2O2S2.C17H17N3O2S2/c1-22-17(21)16-10-9-15(24-16)14-12-23-18(20-14)19-11-5-8-13-6-3-2-4-7-13;21-16(20-22)15-9-8-14(24-15)13-11-23-17(19-13)18-10-4-7-12-5-2-1-3-6-12/h2-4,6-7,9-10,12H,5,8,11H2,1H3,(H,19,20);1-3,5-6,8-9,11,22H,4,7,10H2,(H,18,19)(H,20,21). The molecule has 4 N–H and O–H groups in total. The van der Waals surface area contributed by atoms with Crippen molar-refractivity contribution in [1.82, 2.24) is 15.4 Å². The highest BCUT2D eigenvalue weighted by atomic mass is 32.1. The summed E-state index contributed by atoms with van der Waals surface area (Å²) < 4.78 is 4.73. The van der Waals surface area contributed by atoms with Crippen molar-refractivity contribution in [2.24, 2.45) is 0 Å². The summed E-state index contributed by atoms with van der Waals surface area (Å²) >= 11 is 5.83. The molecule has 0 unspecified atom stereocenters. The van der Waals surface area contributed by atoms with Crippen LogP contribution in [0.25, 0.3) is 21.1 Å². The summed E-state index contributed by atoms with van der Waals surface area (Å²) in [7, 11) is 1.39. The number of carbonyl (C=O) groups is 2. The molecule has 0 aliphatic rings. The number of rotatable bonds is 14. The molecule has 9 nitrogen and oxygen atoms in total. The number of aryl methyl sites for hydroxylation is 2. The first-order valence-corrected chi connectivity index (χ1v) is 18.6. The molecule has 0 bridgehead atoms. The van der Waals surface area contributed by atoms with Gasteiger partial charge in [-0.05, 0) is 61.1 Å². The maximum absolute atomic E-state index is 11.5. The summed E-state index contributed by atoms with van der Waals surface area (Å²) in [6, 6.07) is 28.1. The van der Waals surface area contributed by atoms with E-state index in [0.717, 1.165) is 70.2 Å². The van der Waals surface area contributed by atoms with Crippen molar-refractivity contribution in [3.63, 3.8) is 0 Å². The lowest BCUT2D eigenvalue weighted by molar-refractivity contribution is 0.0606. The molecule has 0 saturated carbocycles. The number of anilines is 2. The number of nitrogens with one attached hydrogen (secondary N) is 3. The first kappa shape index (κ1) is 34.9. The zero-order valence-corrected chi connectivity index (χ0v) is 29.4. The minimum atomic E-state index is -0.499. The zero-order chi connectivity index (χ0) is 33.6. The van der Waals surface area contributed by atoms with Gasteiger partial charge >= 0.3 is 5.97 Å². The van der Waals surface area contributed by atoms with Gasteiger partial charge in [0.2, 0.25) is 0 Å². The maximum Gasteiger partial charge on any atom is 0.348 e. The Labute approximate surface area is 295 Å². The highest BCUT2D eigenvalue weighted by Crippen LogP contribution is 2.32. The van der Waals surface area contributed by atoms with Crippen LogP contribution in [0.2, 0.25) is 0 Å². The van der Waals surface area contributed by atoms with Crippen LogP contribution in [0.15, 0.2) is 95.7 Å². The third-order valence-electron chi connectivity index (χ3n) is 6.96. The Morgan fingerprint density at radius 3 is 1.65 bits per heavy atom. The largest absolute Gasteiger partial charge is 0.465 e. The van der Waals surface area contributed by atoms with Crippen LogP contribution in [-0.4, -0.2) is 47.3 Å². The number of methoxy groups -OCH3 is 1. The van der Waals surface area contributed by atoms with E-state index in [1.54, 1.807) is 40.3 Å². The predicted molar refractivity (Wildman–Crippen MR) is 198 cm³/mol. The molecule has 0 spiro atoms. The van der Waals surface area contributed by atoms with Crippen molar-refractivity contribution in [2.45, 2.75) is 25.7 Å². The maximum atomic E-state index is 11.5. The molecule has 0 radical (unpaired) electrons. The van der Waals surface area contributed by atoms with Crippen LogP contribution in [-0.2, 0) is 17.6 Å². The number of esters is 1. The first-order valence-electron chi connectivity index (χ1n) is 15.2. The Kier molecular flexibility index (Phi) is 13.3. The topological polar surface area (TPSA) is 125 Å². The minimum absolute atomic E-state index is 0.305. The van der Waals surface area contributed by atoms with Gasteiger partial charge in [-0.15, -0.1) is 45.3 Å². The average molecular weight is 718 g/mol. The van der Waals surface area contributed by atoms with Crippen molar-refractivity contribution >= 4 is 67.5 Å². The third-order valence-corrected chi connectivity index (χ3v) is 10.8. The molecular weight excluding hydrogens is 683 g/mol. The molecule has 1 amide bonds. The number of ether oxygens (including phenoxy) is 1. The summed E-state index contributed by atoms with van der Waals surface area (Å²) in [5.74, 6) is -0.804. The Hall–Kier alpha value is -4.40. The number of thiazole rings is 2. The van der Waals surface area contributed by atoms with Gasteiger partial charge in [0.25, 0.3) is 5.91 Å². The SMILES string of the molecule is COC(=O)c1ccc(-c2csc(NCCCc3ccccc3)n2)s1.O=C(NO)c1ccc(-c2csc(NCCCc3ccccc3)n2)s1. The summed E-state index contributed by atoms with van der Waals surface area (Å²) in [6.45, 7) is 1.75. The van der Waals surface area contributed by atoms with Crippen molar-refractivity contribution in [1.29, 1.82) is 0 Å². The van der Waals surface area contributed by atoms with Gasteiger partial charge < -0.3 is 15.4 Å². The highest BCUT2D eigenvalue weighted by Gasteiger charge is 2.13. The van der Waals surface area contributed by atoms with Crippen LogP contribution >= 0.6 is 45.3 Å². The normalized spacial score (nSPS) is 10.5. The van der Waals surface area contributed by atoms with Crippen molar-refractivity contribution in [3.05, 3.63) is 117 Å². The summed E-state index contributed by atoms with van der Waals surface area (Å²) in [5.41, 5.74) is 6.07. The quantitative estimate of drug-likeness (QED) is 0.0382. The molecule has 248 valence electrons. The van der Waals surface area contributed by atoms with Crippen LogP contribution < -0.4 is 16.1 Å². The van der Waals surface area contributed by atoms with Gasteiger partial charge in [0.05, 0.1) is 33.1 Å². The lowest BCUT2D eigenvalue weighted by Crippen LogP contribution is -2.16. The molecule has 0 fully saturated rings. The third kappa shape index (κ3) is 10.3. The van der Waals surface area contributed by atoms with Crippen molar-refractivity contribution in [2.75, 3.05) is 30.8 Å². The van der Waals surface area contributed by atoms with E-state index in [1.165, 1.54) is 40.9 Å². The first-order chi connectivity index (χ1) is 23.5. The fourth-order valence-corrected chi connectivity index (χ4v) is 7.91. The molecule has 0 aliphatic carbocycles. The molecule has 2 aromatic carbocycles. The number of carbonyl (C=O) groups excluding carboxylic acids is 2. The van der Waals surface area contributed by atoms with E-state index in [0.29, 0.717) is 9.75 Å². The second-order valence-electron chi connectivity index (χ2n) is 10.4. The summed E-state index contributed by atoms with van der Waals surface area (Å²) in [4.78, 5) is 35.0. The van der Waals surface area contributed by atoms with Crippen LogP contribution in [0.3, 0.4) is 0 Å². The van der Waals surface area contributed by atoms with Crippen LogP contribution in [0.5, 0.6) is 0 Å². The van der Waals surface area contributed by atoms with E-state index in [9.17, 15) is 9.59 Å². The van der Waals surface area contributed by atoms with Gasteiger partial charge in [-0.2, -0.15) is 0 Å². The molecule has 0 saturated heterocycles. The lowest BCUT2D eigenvalue weighted by atomic mass is 10.1. The van der Waals surface area contributed by atoms with Gasteiger partial charge in [-0.25, -0.2) is 20.2 Å². The molecule has 48 heavy (non-hydrogen) atoms. The second kappa shape index (κ2) is 18.2. The van der Waals surface area contributed by atoms with Crippen LogP contribution in [0.4, 0.5) is 10.3 Å². The van der Waals surface area contributed by atoms with Gasteiger partial charge in [0.15, 0.2) is 10.3 Å². The number of hydroxylamine groups is 1. The van der Waals surface area contributed by atoms with Crippen LogP contribution in [0, 0.1) is 0 Å². The molecule has 0 aliphatic heterocycles. The number of nitrogens with zero attached hydrogens (tertiary/aromatic N) is 2. The number of hydrogen-bond acceptors (Lipinski definition) is 12. The fourth-order valence-electron chi connectivity index (χ4n) is 4.54. The molecule has 13 heteroatoms. The molecule has 6 aromatic rings.